The molecule has 1 aromatic rings. The molecule has 0 atom stereocenters. The third-order valence-electron chi connectivity index (χ3n) is 3.01. The van der Waals surface area contributed by atoms with Gasteiger partial charge in [0.05, 0.1) is 0 Å². The summed E-state index contributed by atoms with van der Waals surface area (Å²) in [4.78, 5) is 3.25. The predicted molar refractivity (Wildman–Crippen MR) is 54.6 cm³/mol. The van der Waals surface area contributed by atoms with Gasteiger partial charge in [-0.2, -0.15) is 9.37 Å². The molecule has 0 bridgehead atoms. The van der Waals surface area contributed by atoms with Crippen molar-refractivity contribution in [2.45, 2.75) is 38.1 Å². The van der Waals surface area contributed by atoms with Crippen LogP contribution in [0.5, 0.6) is 0 Å². The average molecular weight is 230 g/mol. The number of nitrogens with zero attached hydrogens (tertiary/aromatic N) is 1. The Labute approximate surface area is 91.9 Å². The number of aromatic nitrogens is 1. The first kappa shape index (κ1) is 11.2. The molecule has 1 N–H and O–H groups in total. The molecule has 2 nitrogen and oxygen atoms in total. The highest BCUT2D eigenvalue weighted by Crippen LogP contribution is 2.32. The van der Waals surface area contributed by atoms with Gasteiger partial charge in [0.2, 0.25) is 0 Å². The highest BCUT2D eigenvalue weighted by atomic mass is 19.2. The summed E-state index contributed by atoms with van der Waals surface area (Å²) in [6, 6.07) is 0.517. The largest absolute Gasteiger partial charge is 0.362 e. The average Bonchev–Trinajstić information content (AvgIpc) is 2.62. The van der Waals surface area contributed by atoms with Gasteiger partial charge >= 0.3 is 0 Å². The normalized spacial score (nSPS) is 18.8. The molecule has 1 saturated carbocycles. The van der Waals surface area contributed by atoms with Crippen LogP contribution in [0.15, 0.2) is 6.07 Å². The van der Waals surface area contributed by atoms with Crippen molar-refractivity contribution < 1.29 is 13.2 Å². The quantitative estimate of drug-likeness (QED) is 0.789. The van der Waals surface area contributed by atoms with Crippen LogP contribution in [0.4, 0.5) is 19.0 Å². The molecule has 0 radical (unpaired) electrons. The maximum atomic E-state index is 13.3. The zero-order valence-electron chi connectivity index (χ0n) is 8.99. The molecule has 16 heavy (non-hydrogen) atoms. The molecule has 0 spiro atoms. The van der Waals surface area contributed by atoms with Crippen LogP contribution >= 0.6 is 0 Å². The summed E-state index contributed by atoms with van der Waals surface area (Å²) in [7, 11) is 0. The monoisotopic (exact) mass is 230 g/mol. The van der Waals surface area contributed by atoms with E-state index in [4.69, 9.17) is 0 Å². The molecule has 1 aliphatic carbocycles. The lowest BCUT2D eigenvalue weighted by atomic mass is 10.0. The first-order valence-corrected chi connectivity index (χ1v) is 5.30. The minimum Gasteiger partial charge on any atom is -0.362 e. The summed E-state index contributed by atoms with van der Waals surface area (Å²) in [6.07, 6.45) is 3.86. The standard InChI is InChI=1S/C11H13F3N2/c1-11(4-2-3-5-11)16-10-8(13)6-7(12)9(14)15-10/h6H,2-5H2,1H3,(H,15,16). The van der Waals surface area contributed by atoms with Gasteiger partial charge < -0.3 is 5.32 Å². The second-order valence-corrected chi connectivity index (χ2v) is 4.48. The van der Waals surface area contributed by atoms with E-state index in [0.29, 0.717) is 6.07 Å². The van der Waals surface area contributed by atoms with Gasteiger partial charge in [0.15, 0.2) is 17.5 Å². The highest BCUT2D eigenvalue weighted by molar-refractivity contribution is 5.39. The number of anilines is 1. The van der Waals surface area contributed by atoms with Crippen molar-refractivity contribution in [3.63, 3.8) is 0 Å². The molecule has 0 unspecified atom stereocenters. The first-order valence-electron chi connectivity index (χ1n) is 5.30. The fourth-order valence-corrected chi connectivity index (χ4v) is 2.10. The second-order valence-electron chi connectivity index (χ2n) is 4.48. The fraction of sp³-hybridized carbons (Fsp3) is 0.545. The number of hydrogen-bond donors (Lipinski definition) is 1. The van der Waals surface area contributed by atoms with Crippen LogP contribution in [0, 0.1) is 17.6 Å². The lowest BCUT2D eigenvalue weighted by Gasteiger charge is -2.26. The van der Waals surface area contributed by atoms with E-state index in [-0.39, 0.29) is 11.4 Å². The van der Waals surface area contributed by atoms with Crippen LogP contribution in [-0.4, -0.2) is 10.5 Å². The Hall–Kier alpha value is -1.26. The highest BCUT2D eigenvalue weighted by Gasteiger charge is 2.30. The zero-order valence-corrected chi connectivity index (χ0v) is 8.99. The van der Waals surface area contributed by atoms with Crippen molar-refractivity contribution in [1.29, 1.82) is 0 Å². The summed E-state index contributed by atoms with van der Waals surface area (Å²) in [5.41, 5.74) is -0.266. The van der Waals surface area contributed by atoms with Crippen molar-refractivity contribution in [3.8, 4) is 0 Å². The van der Waals surface area contributed by atoms with Gasteiger partial charge in [0.1, 0.15) is 0 Å². The molecule has 0 saturated heterocycles. The van der Waals surface area contributed by atoms with Gasteiger partial charge in [0.25, 0.3) is 5.95 Å². The van der Waals surface area contributed by atoms with E-state index in [1.807, 2.05) is 6.92 Å². The van der Waals surface area contributed by atoms with E-state index in [2.05, 4.69) is 10.3 Å². The van der Waals surface area contributed by atoms with Gasteiger partial charge in [-0.1, -0.05) is 12.8 Å². The van der Waals surface area contributed by atoms with Gasteiger partial charge in [-0.05, 0) is 19.8 Å². The molecule has 0 aromatic carbocycles. The van der Waals surface area contributed by atoms with E-state index in [1.165, 1.54) is 0 Å². The van der Waals surface area contributed by atoms with Crippen molar-refractivity contribution in [2.24, 2.45) is 0 Å². The Morgan fingerprint density at radius 3 is 2.44 bits per heavy atom. The molecule has 88 valence electrons. The maximum Gasteiger partial charge on any atom is 0.251 e. The number of hydrogen-bond acceptors (Lipinski definition) is 2. The maximum absolute atomic E-state index is 13.3. The van der Waals surface area contributed by atoms with Gasteiger partial charge in [-0.3, -0.25) is 0 Å². The number of rotatable bonds is 2. The second kappa shape index (κ2) is 3.96. The Balaban J connectivity index is 2.24. The summed E-state index contributed by atoms with van der Waals surface area (Å²) < 4.78 is 38.9. The van der Waals surface area contributed by atoms with E-state index in [9.17, 15) is 13.2 Å². The predicted octanol–water partition coefficient (Wildman–Crippen LogP) is 3.24. The molecule has 0 aliphatic heterocycles. The Kier molecular flexibility index (Phi) is 2.78. The number of pyridine rings is 1. The summed E-state index contributed by atoms with van der Waals surface area (Å²) >= 11 is 0. The Morgan fingerprint density at radius 1 is 1.19 bits per heavy atom. The zero-order chi connectivity index (χ0) is 11.8. The molecule has 0 amide bonds. The van der Waals surface area contributed by atoms with E-state index < -0.39 is 17.6 Å². The van der Waals surface area contributed by atoms with Crippen LogP contribution in [0.2, 0.25) is 0 Å². The van der Waals surface area contributed by atoms with Crippen LogP contribution in [0.3, 0.4) is 0 Å². The van der Waals surface area contributed by atoms with Crippen molar-refractivity contribution in [1.82, 2.24) is 4.98 Å². The molecule has 1 heterocycles. The molecular formula is C11H13F3N2. The molecule has 1 aromatic heterocycles. The fourth-order valence-electron chi connectivity index (χ4n) is 2.10. The molecular weight excluding hydrogens is 217 g/mol. The van der Waals surface area contributed by atoms with Crippen molar-refractivity contribution in [2.75, 3.05) is 5.32 Å². The Bertz CT molecular complexity index is 400. The topological polar surface area (TPSA) is 24.9 Å². The summed E-state index contributed by atoms with van der Waals surface area (Å²) in [6.45, 7) is 1.93. The molecule has 5 heteroatoms. The minimum absolute atomic E-state index is 0.205. The summed E-state index contributed by atoms with van der Waals surface area (Å²) in [5, 5.41) is 2.86. The van der Waals surface area contributed by atoms with Gasteiger partial charge in [0, 0.05) is 11.6 Å². The van der Waals surface area contributed by atoms with Crippen LogP contribution in [0.1, 0.15) is 32.6 Å². The molecule has 1 fully saturated rings. The Morgan fingerprint density at radius 2 is 1.81 bits per heavy atom. The lowest BCUT2D eigenvalue weighted by molar-refractivity contribution is 0.459. The summed E-state index contributed by atoms with van der Waals surface area (Å²) in [5.74, 6) is -3.60. The molecule has 1 aliphatic rings. The van der Waals surface area contributed by atoms with E-state index >= 15 is 0 Å². The SMILES string of the molecule is CC1(Nc2nc(F)c(F)cc2F)CCCC1. The smallest absolute Gasteiger partial charge is 0.251 e. The van der Waals surface area contributed by atoms with Crippen molar-refractivity contribution in [3.05, 3.63) is 23.6 Å². The lowest BCUT2D eigenvalue weighted by Crippen LogP contribution is -2.32. The third-order valence-corrected chi connectivity index (χ3v) is 3.01. The van der Waals surface area contributed by atoms with Gasteiger partial charge in [-0.15, -0.1) is 0 Å². The number of halogens is 3. The minimum atomic E-state index is -1.27. The van der Waals surface area contributed by atoms with Crippen molar-refractivity contribution >= 4 is 5.82 Å². The van der Waals surface area contributed by atoms with E-state index in [0.717, 1.165) is 25.7 Å². The van der Waals surface area contributed by atoms with Crippen LogP contribution in [-0.2, 0) is 0 Å². The van der Waals surface area contributed by atoms with Crippen LogP contribution in [0.25, 0.3) is 0 Å². The van der Waals surface area contributed by atoms with Gasteiger partial charge in [-0.25, -0.2) is 8.78 Å². The third kappa shape index (κ3) is 2.13. The first-order chi connectivity index (χ1) is 7.50. The van der Waals surface area contributed by atoms with E-state index in [1.54, 1.807) is 0 Å². The molecule has 2 rings (SSSR count). The number of nitrogens with one attached hydrogen (secondary N) is 1. The van der Waals surface area contributed by atoms with Crippen LogP contribution < -0.4 is 5.32 Å².